The average molecular weight is 381 g/mol. The summed E-state index contributed by atoms with van der Waals surface area (Å²) in [4.78, 5) is 17.5. The zero-order chi connectivity index (χ0) is 18.3. The van der Waals surface area contributed by atoms with Gasteiger partial charge in [-0.05, 0) is 38.8 Å². The Balaban J connectivity index is 1.48. The molecule has 1 amide bonds. The van der Waals surface area contributed by atoms with Gasteiger partial charge in [0, 0.05) is 37.8 Å². The number of fused-ring (bicyclic) bond motifs is 1. The summed E-state index contributed by atoms with van der Waals surface area (Å²) in [6, 6.07) is 3.65. The van der Waals surface area contributed by atoms with E-state index in [0.29, 0.717) is 22.1 Å². The molecule has 1 aromatic carbocycles. The second-order valence-electron chi connectivity index (χ2n) is 7.46. The van der Waals surface area contributed by atoms with Crippen LogP contribution in [0.15, 0.2) is 12.1 Å². The molecule has 0 unspecified atom stereocenters. The van der Waals surface area contributed by atoms with E-state index in [9.17, 15) is 4.79 Å². The number of carbonyl (C=O) groups excluding carboxylic acids is 1. The summed E-state index contributed by atoms with van der Waals surface area (Å²) in [5.41, 5.74) is 0.565. The number of likely N-dealkylation sites (tertiary alicyclic amines) is 1. The van der Waals surface area contributed by atoms with Gasteiger partial charge in [0.05, 0.1) is 17.2 Å². The summed E-state index contributed by atoms with van der Waals surface area (Å²) in [6.45, 7) is 7.86. The van der Waals surface area contributed by atoms with Gasteiger partial charge in [-0.15, -0.1) is 0 Å². The smallest absolute Gasteiger partial charge is 0.254 e. The molecule has 0 radical (unpaired) electrons. The number of hydrogen-bond donors (Lipinski definition) is 0. The second kappa shape index (κ2) is 7.25. The normalized spacial score (nSPS) is 28.6. The van der Waals surface area contributed by atoms with E-state index in [1.807, 2.05) is 4.90 Å². The summed E-state index contributed by atoms with van der Waals surface area (Å²) in [5.74, 6) is 1.09. The van der Waals surface area contributed by atoms with Gasteiger partial charge in [-0.1, -0.05) is 11.6 Å². The summed E-state index contributed by atoms with van der Waals surface area (Å²) in [5, 5.41) is 0.426. The lowest BCUT2D eigenvalue weighted by Gasteiger charge is -2.38. The highest BCUT2D eigenvalue weighted by molar-refractivity contribution is 6.32. The van der Waals surface area contributed by atoms with Crippen LogP contribution in [-0.2, 0) is 4.74 Å². The van der Waals surface area contributed by atoms with Gasteiger partial charge in [-0.2, -0.15) is 0 Å². The van der Waals surface area contributed by atoms with Crippen molar-refractivity contribution >= 4 is 17.5 Å². The van der Waals surface area contributed by atoms with Gasteiger partial charge < -0.3 is 19.1 Å². The molecule has 2 fully saturated rings. The molecule has 0 spiro atoms. The summed E-state index contributed by atoms with van der Waals surface area (Å²) in [7, 11) is 0. The minimum Gasteiger partial charge on any atom is -0.454 e. The van der Waals surface area contributed by atoms with Gasteiger partial charge >= 0.3 is 0 Å². The van der Waals surface area contributed by atoms with Crippen molar-refractivity contribution in [2.45, 2.75) is 44.9 Å². The second-order valence-corrected chi connectivity index (χ2v) is 7.87. The Bertz CT molecular complexity index is 688. The molecule has 3 atom stereocenters. The molecule has 0 aliphatic carbocycles. The van der Waals surface area contributed by atoms with E-state index in [-0.39, 0.29) is 30.9 Å². The van der Waals surface area contributed by atoms with Crippen molar-refractivity contribution in [2.75, 3.05) is 33.0 Å². The topological polar surface area (TPSA) is 51.2 Å². The molecule has 26 heavy (non-hydrogen) atoms. The van der Waals surface area contributed by atoms with Crippen molar-refractivity contribution in [2.24, 2.45) is 0 Å². The number of amides is 1. The standard InChI is InChI=1S/C19H25ClN2O4/c1-12-8-21(9-13(2)26-12)10-15-4-3-5-22(15)19(23)14-6-16(20)18-17(7-14)24-11-25-18/h6-7,12-13,15H,3-5,8-11H2,1-2H3/t12-,13-,15-/m1/s1. The van der Waals surface area contributed by atoms with Crippen LogP contribution in [0.4, 0.5) is 0 Å². The molecule has 3 aliphatic heterocycles. The number of carbonyl (C=O) groups is 1. The molecule has 3 aliphatic rings. The van der Waals surface area contributed by atoms with Crippen LogP contribution >= 0.6 is 11.6 Å². The van der Waals surface area contributed by atoms with Crippen LogP contribution in [0.5, 0.6) is 11.5 Å². The van der Waals surface area contributed by atoms with E-state index < -0.39 is 0 Å². The van der Waals surface area contributed by atoms with Crippen LogP contribution in [0.1, 0.15) is 37.0 Å². The van der Waals surface area contributed by atoms with Gasteiger partial charge in [0.1, 0.15) is 0 Å². The van der Waals surface area contributed by atoms with E-state index in [4.69, 9.17) is 25.8 Å². The molecule has 0 bridgehead atoms. The quantitative estimate of drug-likeness (QED) is 0.807. The molecule has 1 aromatic rings. The fourth-order valence-corrected chi connectivity index (χ4v) is 4.55. The fourth-order valence-electron chi connectivity index (χ4n) is 4.28. The zero-order valence-corrected chi connectivity index (χ0v) is 16.0. The fraction of sp³-hybridized carbons (Fsp3) is 0.632. The Morgan fingerprint density at radius 3 is 2.77 bits per heavy atom. The maximum Gasteiger partial charge on any atom is 0.254 e. The van der Waals surface area contributed by atoms with Crippen molar-refractivity contribution in [1.82, 2.24) is 9.80 Å². The zero-order valence-electron chi connectivity index (χ0n) is 15.2. The number of halogens is 1. The van der Waals surface area contributed by atoms with Crippen LogP contribution in [0.2, 0.25) is 5.02 Å². The molecular formula is C19H25ClN2O4. The molecule has 0 N–H and O–H groups in total. The Kier molecular flexibility index (Phi) is 4.99. The van der Waals surface area contributed by atoms with Gasteiger partial charge in [-0.3, -0.25) is 9.69 Å². The number of hydrogen-bond acceptors (Lipinski definition) is 5. The first kappa shape index (κ1) is 17.9. The highest BCUT2D eigenvalue weighted by atomic mass is 35.5. The third-order valence-corrected chi connectivity index (χ3v) is 5.56. The Morgan fingerprint density at radius 2 is 2.00 bits per heavy atom. The Labute approximate surface area is 158 Å². The van der Waals surface area contributed by atoms with E-state index in [2.05, 4.69) is 18.7 Å². The molecular weight excluding hydrogens is 356 g/mol. The third-order valence-electron chi connectivity index (χ3n) is 5.28. The van der Waals surface area contributed by atoms with Crippen LogP contribution in [-0.4, -0.2) is 66.9 Å². The van der Waals surface area contributed by atoms with Crippen molar-refractivity contribution in [3.05, 3.63) is 22.7 Å². The summed E-state index contributed by atoms with van der Waals surface area (Å²) in [6.07, 6.45) is 2.53. The largest absolute Gasteiger partial charge is 0.454 e. The van der Waals surface area contributed by atoms with E-state index in [1.54, 1.807) is 12.1 Å². The van der Waals surface area contributed by atoms with Crippen molar-refractivity contribution in [3.63, 3.8) is 0 Å². The molecule has 142 valence electrons. The first-order valence-electron chi connectivity index (χ1n) is 9.29. The predicted molar refractivity (Wildman–Crippen MR) is 98.1 cm³/mol. The monoisotopic (exact) mass is 380 g/mol. The lowest BCUT2D eigenvalue weighted by Crippen LogP contribution is -2.50. The third kappa shape index (κ3) is 3.50. The minimum atomic E-state index is 0.0158. The average Bonchev–Trinajstić information content (AvgIpc) is 3.22. The van der Waals surface area contributed by atoms with Crippen molar-refractivity contribution in [1.29, 1.82) is 0 Å². The molecule has 7 heteroatoms. The maximum atomic E-state index is 13.1. The molecule has 3 heterocycles. The highest BCUT2D eigenvalue weighted by Crippen LogP contribution is 2.40. The summed E-state index contributed by atoms with van der Waals surface area (Å²) < 4.78 is 16.6. The van der Waals surface area contributed by atoms with Gasteiger partial charge in [0.2, 0.25) is 6.79 Å². The molecule has 6 nitrogen and oxygen atoms in total. The minimum absolute atomic E-state index is 0.0158. The lowest BCUT2D eigenvalue weighted by molar-refractivity contribution is -0.0715. The van der Waals surface area contributed by atoms with Gasteiger partial charge in [0.15, 0.2) is 11.5 Å². The SMILES string of the molecule is C[C@@H]1CN(C[C@H]2CCCN2C(=O)c2cc(Cl)c3c(c2)OCO3)C[C@@H](C)O1. The van der Waals surface area contributed by atoms with Gasteiger partial charge in [0.25, 0.3) is 5.91 Å². The Morgan fingerprint density at radius 1 is 1.23 bits per heavy atom. The highest BCUT2D eigenvalue weighted by Gasteiger charge is 2.33. The lowest BCUT2D eigenvalue weighted by atomic mass is 10.1. The van der Waals surface area contributed by atoms with Crippen LogP contribution < -0.4 is 9.47 Å². The molecule has 2 saturated heterocycles. The van der Waals surface area contributed by atoms with E-state index in [0.717, 1.165) is 39.0 Å². The summed E-state index contributed by atoms with van der Waals surface area (Å²) >= 11 is 6.25. The van der Waals surface area contributed by atoms with Crippen molar-refractivity contribution < 1.29 is 19.0 Å². The Hall–Kier alpha value is -1.50. The number of benzene rings is 1. The van der Waals surface area contributed by atoms with E-state index in [1.165, 1.54) is 0 Å². The molecule has 0 aromatic heterocycles. The van der Waals surface area contributed by atoms with Crippen LogP contribution in [0.3, 0.4) is 0 Å². The van der Waals surface area contributed by atoms with Crippen molar-refractivity contribution in [3.8, 4) is 11.5 Å². The predicted octanol–water partition coefficient (Wildman–Crippen LogP) is 2.78. The number of rotatable bonds is 3. The molecule has 4 rings (SSSR count). The number of morpholine rings is 1. The van der Waals surface area contributed by atoms with Crippen LogP contribution in [0, 0.1) is 0 Å². The molecule has 0 saturated carbocycles. The number of nitrogens with zero attached hydrogens (tertiary/aromatic N) is 2. The number of ether oxygens (including phenoxy) is 3. The van der Waals surface area contributed by atoms with Crippen LogP contribution in [0.25, 0.3) is 0 Å². The maximum absolute atomic E-state index is 13.1. The van der Waals surface area contributed by atoms with Gasteiger partial charge in [-0.25, -0.2) is 0 Å². The van der Waals surface area contributed by atoms with E-state index >= 15 is 0 Å². The first-order chi connectivity index (χ1) is 12.5. The first-order valence-corrected chi connectivity index (χ1v) is 9.67.